The first-order chi connectivity index (χ1) is 11.6. The molecule has 0 radical (unpaired) electrons. The normalized spacial score (nSPS) is 10.4. The third kappa shape index (κ3) is 3.81. The molecule has 0 aliphatic rings. The minimum absolute atomic E-state index is 0.347. The molecule has 0 bridgehead atoms. The van der Waals surface area contributed by atoms with Crippen LogP contribution < -0.4 is 15.8 Å². The van der Waals surface area contributed by atoms with Gasteiger partial charge in [0, 0.05) is 6.54 Å². The fourth-order valence-electron chi connectivity index (χ4n) is 2.21. The molecular weight excluding hydrogens is 300 g/mol. The van der Waals surface area contributed by atoms with E-state index in [0.717, 1.165) is 5.56 Å². The molecule has 1 heterocycles. The molecule has 2 aromatic carbocycles. The molecule has 0 fully saturated rings. The lowest BCUT2D eigenvalue weighted by Crippen LogP contribution is -2.06. The van der Waals surface area contributed by atoms with E-state index in [0.29, 0.717) is 29.7 Å². The Labute approximate surface area is 141 Å². The summed E-state index contributed by atoms with van der Waals surface area (Å²) in [5.74, 6) is 1.60. The van der Waals surface area contributed by atoms with Gasteiger partial charge in [-0.1, -0.05) is 47.5 Å². The molecule has 0 saturated carbocycles. The number of rotatable bonds is 5. The number of benzene rings is 2. The van der Waals surface area contributed by atoms with Crippen molar-refractivity contribution in [1.82, 2.24) is 9.97 Å². The van der Waals surface area contributed by atoms with Gasteiger partial charge in [0.1, 0.15) is 17.8 Å². The van der Waals surface area contributed by atoms with Crippen LogP contribution >= 0.6 is 0 Å². The predicted octanol–water partition coefficient (Wildman–Crippen LogP) is 4.08. The van der Waals surface area contributed by atoms with Crippen LogP contribution in [0.4, 0.5) is 11.5 Å². The highest BCUT2D eigenvalue weighted by Gasteiger charge is 2.10. The standard InChI is InChI=1S/C19H20N4O/c1-13-3-7-15(8-4-13)11-21-18-17(20)19(23-12-22-18)24-16-9-5-14(2)6-10-16/h3-10,12H,11,20H2,1-2H3,(H,21,22,23). The van der Waals surface area contributed by atoms with Gasteiger partial charge in [0.2, 0.25) is 5.88 Å². The Morgan fingerprint density at radius 2 is 1.54 bits per heavy atom. The number of aromatic nitrogens is 2. The summed E-state index contributed by atoms with van der Waals surface area (Å²) in [6.45, 7) is 4.72. The second-order valence-corrected chi connectivity index (χ2v) is 5.70. The molecule has 0 spiro atoms. The fourth-order valence-corrected chi connectivity index (χ4v) is 2.21. The lowest BCUT2D eigenvalue weighted by atomic mass is 10.1. The number of aryl methyl sites for hydroxylation is 2. The van der Waals surface area contributed by atoms with E-state index in [1.165, 1.54) is 17.5 Å². The van der Waals surface area contributed by atoms with Gasteiger partial charge in [0.05, 0.1) is 0 Å². The Hall–Kier alpha value is -3.08. The second kappa shape index (κ2) is 7.00. The van der Waals surface area contributed by atoms with Crippen LogP contribution in [0.2, 0.25) is 0 Å². The zero-order valence-corrected chi connectivity index (χ0v) is 13.8. The zero-order valence-electron chi connectivity index (χ0n) is 13.8. The molecule has 5 heteroatoms. The van der Waals surface area contributed by atoms with E-state index in [9.17, 15) is 0 Å². The van der Waals surface area contributed by atoms with Gasteiger partial charge in [-0.3, -0.25) is 0 Å². The number of anilines is 2. The molecule has 122 valence electrons. The Morgan fingerprint density at radius 3 is 2.21 bits per heavy atom. The summed E-state index contributed by atoms with van der Waals surface area (Å²) >= 11 is 0. The lowest BCUT2D eigenvalue weighted by Gasteiger charge is -2.12. The first-order valence-electron chi connectivity index (χ1n) is 7.76. The molecule has 0 atom stereocenters. The van der Waals surface area contributed by atoms with Crippen LogP contribution in [0, 0.1) is 13.8 Å². The number of hydrogen-bond donors (Lipinski definition) is 2. The van der Waals surface area contributed by atoms with Gasteiger partial charge in [0.15, 0.2) is 5.82 Å². The molecule has 0 aliphatic carbocycles. The number of nitrogens with zero attached hydrogens (tertiary/aromatic N) is 2. The maximum atomic E-state index is 6.14. The smallest absolute Gasteiger partial charge is 0.248 e. The largest absolute Gasteiger partial charge is 0.437 e. The van der Waals surface area contributed by atoms with Crippen molar-refractivity contribution < 1.29 is 4.74 Å². The van der Waals surface area contributed by atoms with Crippen molar-refractivity contribution in [2.75, 3.05) is 11.1 Å². The minimum Gasteiger partial charge on any atom is -0.437 e. The highest BCUT2D eigenvalue weighted by molar-refractivity contribution is 5.67. The van der Waals surface area contributed by atoms with Crippen LogP contribution in [0.15, 0.2) is 54.9 Å². The van der Waals surface area contributed by atoms with Gasteiger partial charge in [-0.05, 0) is 31.5 Å². The van der Waals surface area contributed by atoms with Crippen molar-refractivity contribution in [3.63, 3.8) is 0 Å². The van der Waals surface area contributed by atoms with Crippen molar-refractivity contribution in [3.8, 4) is 11.6 Å². The summed E-state index contributed by atoms with van der Waals surface area (Å²) in [4.78, 5) is 8.32. The number of nitrogens with one attached hydrogen (secondary N) is 1. The maximum absolute atomic E-state index is 6.14. The lowest BCUT2D eigenvalue weighted by molar-refractivity contribution is 0.464. The highest BCUT2D eigenvalue weighted by atomic mass is 16.5. The Bertz CT molecular complexity index is 814. The molecule has 0 unspecified atom stereocenters. The topological polar surface area (TPSA) is 73.1 Å². The number of hydrogen-bond acceptors (Lipinski definition) is 5. The molecular formula is C19H20N4O. The van der Waals surface area contributed by atoms with Crippen LogP contribution in [0.5, 0.6) is 11.6 Å². The molecule has 3 N–H and O–H groups in total. The van der Waals surface area contributed by atoms with E-state index in [2.05, 4.69) is 46.5 Å². The summed E-state index contributed by atoms with van der Waals surface area (Å²) in [7, 11) is 0. The predicted molar refractivity (Wildman–Crippen MR) is 96.2 cm³/mol. The quantitative estimate of drug-likeness (QED) is 0.741. The van der Waals surface area contributed by atoms with Crippen molar-refractivity contribution in [3.05, 3.63) is 71.5 Å². The average Bonchev–Trinajstić information content (AvgIpc) is 2.59. The Morgan fingerprint density at radius 1 is 0.917 bits per heavy atom. The number of ether oxygens (including phenoxy) is 1. The van der Waals surface area contributed by atoms with Gasteiger partial charge in [-0.15, -0.1) is 0 Å². The number of nitrogens with two attached hydrogens (primary N) is 1. The average molecular weight is 320 g/mol. The van der Waals surface area contributed by atoms with Crippen LogP contribution in [-0.2, 0) is 6.54 Å². The highest BCUT2D eigenvalue weighted by Crippen LogP contribution is 2.29. The fraction of sp³-hybridized carbons (Fsp3) is 0.158. The molecule has 5 nitrogen and oxygen atoms in total. The monoisotopic (exact) mass is 320 g/mol. The van der Waals surface area contributed by atoms with Gasteiger partial charge in [0.25, 0.3) is 0 Å². The summed E-state index contributed by atoms with van der Waals surface area (Å²) in [6.07, 6.45) is 1.44. The van der Waals surface area contributed by atoms with Crippen molar-refractivity contribution in [2.45, 2.75) is 20.4 Å². The van der Waals surface area contributed by atoms with Gasteiger partial charge in [-0.2, -0.15) is 4.98 Å². The summed E-state index contributed by atoms with van der Waals surface area (Å²) < 4.78 is 5.76. The van der Waals surface area contributed by atoms with E-state index < -0.39 is 0 Å². The van der Waals surface area contributed by atoms with Crippen molar-refractivity contribution in [2.24, 2.45) is 0 Å². The summed E-state index contributed by atoms with van der Waals surface area (Å²) in [5, 5.41) is 3.23. The van der Waals surface area contributed by atoms with Gasteiger partial charge in [-0.25, -0.2) is 4.98 Å². The third-order valence-corrected chi connectivity index (χ3v) is 3.66. The van der Waals surface area contributed by atoms with Crippen molar-refractivity contribution in [1.29, 1.82) is 0 Å². The van der Waals surface area contributed by atoms with E-state index >= 15 is 0 Å². The molecule has 24 heavy (non-hydrogen) atoms. The Balaban J connectivity index is 1.72. The Kier molecular flexibility index (Phi) is 4.61. The van der Waals surface area contributed by atoms with E-state index in [1.54, 1.807) is 0 Å². The minimum atomic E-state index is 0.347. The molecule has 3 aromatic rings. The van der Waals surface area contributed by atoms with Gasteiger partial charge < -0.3 is 15.8 Å². The van der Waals surface area contributed by atoms with Crippen LogP contribution in [0.3, 0.4) is 0 Å². The summed E-state index contributed by atoms with van der Waals surface area (Å²) in [5.41, 5.74) is 10.1. The van der Waals surface area contributed by atoms with Crippen LogP contribution in [0.1, 0.15) is 16.7 Å². The number of nitrogen functional groups attached to an aromatic ring is 1. The molecule has 3 rings (SSSR count). The van der Waals surface area contributed by atoms with Crippen LogP contribution in [0.25, 0.3) is 0 Å². The van der Waals surface area contributed by atoms with Crippen LogP contribution in [-0.4, -0.2) is 9.97 Å². The SMILES string of the molecule is Cc1ccc(CNc2ncnc(Oc3ccc(C)cc3)c2N)cc1. The first-order valence-corrected chi connectivity index (χ1v) is 7.76. The van der Waals surface area contributed by atoms with Crippen molar-refractivity contribution >= 4 is 11.5 Å². The zero-order chi connectivity index (χ0) is 16.9. The van der Waals surface area contributed by atoms with E-state index in [-0.39, 0.29) is 0 Å². The third-order valence-electron chi connectivity index (χ3n) is 3.66. The maximum Gasteiger partial charge on any atom is 0.248 e. The summed E-state index contributed by atoms with van der Waals surface area (Å²) in [6, 6.07) is 16.0. The molecule has 0 amide bonds. The van der Waals surface area contributed by atoms with E-state index in [1.807, 2.05) is 31.2 Å². The molecule has 0 saturated heterocycles. The van der Waals surface area contributed by atoms with Gasteiger partial charge >= 0.3 is 0 Å². The first kappa shape index (κ1) is 15.8. The molecule has 1 aromatic heterocycles. The van der Waals surface area contributed by atoms with E-state index in [4.69, 9.17) is 10.5 Å². The molecule has 0 aliphatic heterocycles. The second-order valence-electron chi connectivity index (χ2n) is 5.70.